The first-order valence-electron chi connectivity index (χ1n) is 11.2. The van der Waals surface area contributed by atoms with Crippen LogP contribution >= 0.6 is 0 Å². The van der Waals surface area contributed by atoms with Gasteiger partial charge in [-0.15, -0.1) is 0 Å². The smallest absolute Gasteiger partial charge is 0.342 e. The summed E-state index contributed by atoms with van der Waals surface area (Å²) in [5.74, 6) is -1.56. The highest BCUT2D eigenvalue weighted by atomic mass is 19.4. The van der Waals surface area contributed by atoms with Crippen molar-refractivity contribution in [3.05, 3.63) is 42.0 Å². The Morgan fingerprint density at radius 3 is 2.29 bits per heavy atom. The largest absolute Gasteiger partial charge is 0.394 e. The van der Waals surface area contributed by atoms with Crippen LogP contribution in [-0.4, -0.2) is 36.1 Å². The molecule has 1 unspecified atom stereocenters. The molecule has 2 atom stereocenters. The topological polar surface area (TPSA) is 46.3 Å². The molecule has 1 aromatic carbocycles. The van der Waals surface area contributed by atoms with Gasteiger partial charge >= 0.3 is 6.18 Å². The molecule has 174 valence electrons. The quantitative estimate of drug-likeness (QED) is 0.563. The monoisotopic (exact) mass is 438 g/mol. The number of halogens is 3. The molecule has 6 heteroatoms. The van der Waals surface area contributed by atoms with Gasteiger partial charge in [-0.25, -0.2) is 0 Å². The highest BCUT2D eigenvalue weighted by Gasteiger charge is 2.44. The van der Waals surface area contributed by atoms with E-state index >= 15 is 0 Å². The van der Waals surface area contributed by atoms with Gasteiger partial charge in [0.1, 0.15) is 0 Å². The maximum atomic E-state index is 13.8. The minimum atomic E-state index is -4.32. The molecule has 0 aliphatic carbocycles. The first kappa shape index (κ1) is 25.4. The molecule has 31 heavy (non-hydrogen) atoms. The average Bonchev–Trinajstić information content (AvgIpc) is 2.72. The van der Waals surface area contributed by atoms with Crippen molar-refractivity contribution in [1.29, 1.82) is 0 Å². The lowest BCUT2D eigenvalue weighted by Crippen LogP contribution is -2.56. The summed E-state index contributed by atoms with van der Waals surface area (Å²) in [6.45, 7) is 10.4. The molecular weight excluding hydrogens is 401 g/mol. The summed E-state index contributed by atoms with van der Waals surface area (Å²) in [5.41, 5.74) is 6.63. The molecule has 2 N–H and O–H groups in total. The number of rotatable bonds is 7. The molecule has 0 aromatic heterocycles. The molecule has 1 amide bonds. The maximum Gasteiger partial charge on any atom is 0.394 e. The fraction of sp³-hybridized carbons (Fsp3) is 0.640. The molecule has 0 spiro atoms. The van der Waals surface area contributed by atoms with E-state index in [2.05, 4.69) is 13.8 Å². The van der Waals surface area contributed by atoms with Crippen molar-refractivity contribution < 1.29 is 18.0 Å². The molecule has 1 saturated heterocycles. The van der Waals surface area contributed by atoms with Gasteiger partial charge in [-0.1, -0.05) is 71.0 Å². The predicted octanol–water partition coefficient (Wildman–Crippen LogP) is 6.05. The van der Waals surface area contributed by atoms with Gasteiger partial charge < -0.3 is 10.6 Å². The second-order valence-electron chi connectivity index (χ2n) is 9.66. The number of nitrogens with two attached hydrogens (primary N) is 1. The van der Waals surface area contributed by atoms with Crippen LogP contribution < -0.4 is 5.73 Å². The third-order valence-corrected chi connectivity index (χ3v) is 7.05. The molecule has 2 rings (SSSR count). The molecule has 1 aliphatic heterocycles. The SMILES string of the molecule is CCC(CC)(C/C(=C/C(C)C(F)(F)F)c1ccccc1)C(=O)N1CC[C@H](N)C(C)(C)C1. The third-order valence-electron chi connectivity index (χ3n) is 7.05. The fourth-order valence-corrected chi connectivity index (χ4v) is 4.43. The second kappa shape index (κ2) is 9.76. The first-order chi connectivity index (χ1) is 14.4. The van der Waals surface area contributed by atoms with Gasteiger partial charge in [-0.05, 0) is 42.2 Å². The molecule has 1 heterocycles. The Morgan fingerprint density at radius 1 is 1.23 bits per heavy atom. The molecule has 0 radical (unpaired) electrons. The van der Waals surface area contributed by atoms with Gasteiger partial charge in [0.15, 0.2) is 0 Å². The molecular formula is C25H37F3N2O. The van der Waals surface area contributed by atoms with Gasteiger partial charge in [0.25, 0.3) is 0 Å². The van der Waals surface area contributed by atoms with E-state index in [1.54, 1.807) is 0 Å². The first-order valence-corrected chi connectivity index (χ1v) is 11.2. The molecule has 3 nitrogen and oxygen atoms in total. The van der Waals surface area contributed by atoms with E-state index in [0.29, 0.717) is 31.5 Å². The maximum absolute atomic E-state index is 13.8. The number of benzene rings is 1. The average molecular weight is 439 g/mol. The molecule has 1 aromatic rings. The number of hydrogen-bond donors (Lipinski definition) is 1. The zero-order chi connectivity index (χ0) is 23.4. The third kappa shape index (κ3) is 5.91. The number of alkyl halides is 3. The van der Waals surface area contributed by atoms with Crippen LogP contribution in [0.4, 0.5) is 13.2 Å². The Hall–Kier alpha value is -1.82. The Kier molecular flexibility index (Phi) is 8.01. The molecule has 0 bridgehead atoms. The van der Waals surface area contributed by atoms with E-state index < -0.39 is 17.5 Å². The van der Waals surface area contributed by atoms with Crippen molar-refractivity contribution in [2.75, 3.05) is 13.1 Å². The van der Waals surface area contributed by atoms with Crippen LogP contribution in [0.5, 0.6) is 0 Å². The number of likely N-dealkylation sites (tertiary alicyclic amines) is 1. The standard InChI is InChI=1S/C25H37F3N2O/c1-6-24(7-2,22(31)30-14-13-21(29)23(4,5)17-30)16-20(15-18(3)25(26,27)28)19-11-9-8-10-12-19/h8-12,15,18,21H,6-7,13-14,16-17,29H2,1-5H3/b20-15-/t18?,21-/m0/s1. The number of amides is 1. The zero-order valence-corrected chi connectivity index (χ0v) is 19.4. The number of piperidine rings is 1. The minimum Gasteiger partial charge on any atom is -0.342 e. The van der Waals surface area contributed by atoms with E-state index in [1.165, 1.54) is 13.0 Å². The van der Waals surface area contributed by atoms with Crippen LogP contribution in [0.3, 0.4) is 0 Å². The van der Waals surface area contributed by atoms with E-state index in [0.717, 1.165) is 12.0 Å². The summed E-state index contributed by atoms with van der Waals surface area (Å²) in [7, 11) is 0. The Balaban J connectivity index is 2.42. The highest BCUT2D eigenvalue weighted by molar-refractivity contribution is 5.85. The fourth-order valence-electron chi connectivity index (χ4n) is 4.43. The van der Waals surface area contributed by atoms with Crippen molar-refractivity contribution in [1.82, 2.24) is 4.90 Å². The van der Waals surface area contributed by atoms with Crippen molar-refractivity contribution in [2.45, 2.75) is 72.5 Å². The van der Waals surface area contributed by atoms with E-state index in [4.69, 9.17) is 5.73 Å². The number of carbonyl (C=O) groups excluding carboxylic acids is 1. The molecule has 0 saturated carbocycles. The van der Waals surface area contributed by atoms with Gasteiger partial charge in [0, 0.05) is 19.1 Å². The molecule has 1 aliphatic rings. The van der Waals surface area contributed by atoms with Crippen LogP contribution in [0.2, 0.25) is 0 Å². The number of carbonyl (C=O) groups is 1. The van der Waals surface area contributed by atoms with Gasteiger partial charge in [0.05, 0.1) is 11.3 Å². The predicted molar refractivity (Wildman–Crippen MR) is 120 cm³/mol. The highest BCUT2D eigenvalue weighted by Crippen LogP contribution is 2.42. The van der Waals surface area contributed by atoms with E-state index in [1.807, 2.05) is 49.1 Å². The summed E-state index contributed by atoms with van der Waals surface area (Å²) in [6.07, 6.45) is -0.885. The van der Waals surface area contributed by atoms with E-state index in [9.17, 15) is 18.0 Å². The summed E-state index contributed by atoms with van der Waals surface area (Å²) >= 11 is 0. The summed E-state index contributed by atoms with van der Waals surface area (Å²) in [5, 5.41) is 0. The van der Waals surface area contributed by atoms with E-state index in [-0.39, 0.29) is 23.8 Å². The van der Waals surface area contributed by atoms with Crippen molar-refractivity contribution in [3.63, 3.8) is 0 Å². The number of hydrogen-bond acceptors (Lipinski definition) is 2. The lowest BCUT2D eigenvalue weighted by molar-refractivity contribution is -0.156. The van der Waals surface area contributed by atoms with Gasteiger partial charge in [-0.2, -0.15) is 13.2 Å². The number of nitrogens with zero attached hydrogens (tertiary/aromatic N) is 1. The molecule has 1 fully saturated rings. The second-order valence-corrected chi connectivity index (χ2v) is 9.66. The van der Waals surface area contributed by atoms with Crippen LogP contribution in [-0.2, 0) is 4.79 Å². The lowest BCUT2D eigenvalue weighted by Gasteiger charge is -2.46. The van der Waals surface area contributed by atoms with Crippen LogP contribution in [0, 0.1) is 16.7 Å². The minimum absolute atomic E-state index is 0.0268. The van der Waals surface area contributed by atoms with Crippen molar-refractivity contribution >= 4 is 11.5 Å². The van der Waals surface area contributed by atoms with Crippen molar-refractivity contribution in [3.8, 4) is 0 Å². The van der Waals surface area contributed by atoms with Crippen LogP contribution in [0.25, 0.3) is 5.57 Å². The Labute approximate surface area is 184 Å². The van der Waals surface area contributed by atoms with Crippen LogP contribution in [0.15, 0.2) is 36.4 Å². The zero-order valence-electron chi connectivity index (χ0n) is 19.4. The Bertz CT molecular complexity index is 767. The van der Waals surface area contributed by atoms with Gasteiger partial charge in [-0.3, -0.25) is 4.79 Å². The summed E-state index contributed by atoms with van der Waals surface area (Å²) < 4.78 is 40.1. The Morgan fingerprint density at radius 2 is 1.81 bits per heavy atom. The van der Waals surface area contributed by atoms with Crippen LogP contribution in [0.1, 0.15) is 65.9 Å². The van der Waals surface area contributed by atoms with Crippen molar-refractivity contribution in [2.24, 2.45) is 22.5 Å². The lowest BCUT2D eigenvalue weighted by atomic mass is 9.72. The van der Waals surface area contributed by atoms with Gasteiger partial charge in [0.2, 0.25) is 5.91 Å². The normalized spacial score (nSPS) is 21.1. The number of allylic oxidation sites excluding steroid dienone is 2. The summed E-state index contributed by atoms with van der Waals surface area (Å²) in [6, 6.07) is 9.14. The summed E-state index contributed by atoms with van der Waals surface area (Å²) in [4.78, 5) is 15.6.